The fraction of sp³-hybridized carbons (Fsp3) is 0.333. The number of fused-ring (bicyclic) bond motifs is 1. The van der Waals surface area contributed by atoms with Crippen LogP contribution in [0.1, 0.15) is 30.7 Å². The molecule has 0 unspecified atom stereocenters. The SMILES string of the molecule is COc1nc(OC)c(F)c(N2Cc3cnc(C#N)cc3C(C)(C)C2=O)c1F. The number of ether oxygens (including phenoxy) is 2. The second kappa shape index (κ2) is 6.46. The van der Waals surface area contributed by atoms with Gasteiger partial charge in [-0.2, -0.15) is 19.0 Å². The lowest BCUT2D eigenvalue weighted by Crippen LogP contribution is -2.48. The van der Waals surface area contributed by atoms with E-state index in [1.165, 1.54) is 26.5 Å². The fourth-order valence-corrected chi connectivity index (χ4v) is 3.12. The maximum atomic E-state index is 14.8. The predicted octanol–water partition coefficient (Wildman–Crippen LogP) is 2.47. The monoisotopic (exact) mass is 374 g/mol. The van der Waals surface area contributed by atoms with Crippen LogP contribution in [0.15, 0.2) is 12.3 Å². The van der Waals surface area contributed by atoms with Crippen LogP contribution in [-0.2, 0) is 16.8 Å². The van der Waals surface area contributed by atoms with E-state index in [1.54, 1.807) is 13.8 Å². The van der Waals surface area contributed by atoms with E-state index in [0.29, 0.717) is 11.1 Å². The van der Waals surface area contributed by atoms with Gasteiger partial charge in [0, 0.05) is 6.20 Å². The van der Waals surface area contributed by atoms with Crippen LogP contribution in [-0.4, -0.2) is 30.1 Å². The van der Waals surface area contributed by atoms with Crippen molar-refractivity contribution < 1.29 is 23.0 Å². The molecule has 7 nitrogen and oxygen atoms in total. The molecule has 0 N–H and O–H groups in total. The van der Waals surface area contributed by atoms with Crippen molar-refractivity contribution in [1.82, 2.24) is 9.97 Å². The minimum atomic E-state index is -1.13. The summed E-state index contributed by atoms with van der Waals surface area (Å²) in [5, 5.41) is 9.05. The number of nitriles is 1. The van der Waals surface area contributed by atoms with Gasteiger partial charge in [0.15, 0.2) is 0 Å². The molecule has 1 aliphatic heterocycles. The van der Waals surface area contributed by atoms with Crippen LogP contribution in [0.25, 0.3) is 0 Å². The van der Waals surface area contributed by atoms with E-state index in [9.17, 15) is 13.6 Å². The van der Waals surface area contributed by atoms with Gasteiger partial charge in [-0.15, -0.1) is 0 Å². The third-order valence-electron chi connectivity index (χ3n) is 4.53. The first-order valence-electron chi connectivity index (χ1n) is 7.94. The zero-order chi connectivity index (χ0) is 19.9. The molecule has 0 spiro atoms. The zero-order valence-electron chi connectivity index (χ0n) is 15.1. The van der Waals surface area contributed by atoms with Crippen LogP contribution in [0.4, 0.5) is 14.5 Å². The summed E-state index contributed by atoms with van der Waals surface area (Å²) in [7, 11) is 2.36. The number of nitrogens with zero attached hydrogens (tertiary/aromatic N) is 4. The Kier molecular flexibility index (Phi) is 4.43. The lowest BCUT2D eigenvalue weighted by Gasteiger charge is -2.39. The van der Waals surface area contributed by atoms with E-state index in [2.05, 4.69) is 9.97 Å². The summed E-state index contributed by atoms with van der Waals surface area (Å²) in [6.07, 6.45) is 1.43. The number of carbonyl (C=O) groups excluding carboxylic acids is 1. The molecule has 0 bridgehead atoms. The van der Waals surface area contributed by atoms with Gasteiger partial charge in [0.05, 0.1) is 26.2 Å². The number of hydrogen-bond donors (Lipinski definition) is 0. The molecule has 9 heteroatoms. The van der Waals surface area contributed by atoms with Crippen molar-refractivity contribution in [2.24, 2.45) is 0 Å². The van der Waals surface area contributed by atoms with Gasteiger partial charge >= 0.3 is 0 Å². The van der Waals surface area contributed by atoms with Crippen LogP contribution in [0, 0.1) is 23.0 Å². The summed E-state index contributed by atoms with van der Waals surface area (Å²) in [6.45, 7) is 3.11. The van der Waals surface area contributed by atoms with Crippen molar-refractivity contribution in [2.45, 2.75) is 25.8 Å². The largest absolute Gasteiger partial charge is 0.479 e. The topological polar surface area (TPSA) is 88.3 Å². The maximum absolute atomic E-state index is 14.8. The number of amides is 1. The van der Waals surface area contributed by atoms with Gasteiger partial charge in [0.2, 0.25) is 17.5 Å². The molecule has 0 aromatic carbocycles. The standard InChI is InChI=1S/C18H16F2N4O3/c1-18(2)11-5-10(6-21)22-7-9(11)8-24(17(18)25)14-12(19)15(26-3)23-16(27-4)13(14)20/h5,7H,8H2,1-4H3. The van der Waals surface area contributed by atoms with E-state index in [1.807, 2.05) is 6.07 Å². The van der Waals surface area contributed by atoms with Crippen LogP contribution in [0.2, 0.25) is 0 Å². The van der Waals surface area contributed by atoms with Crippen molar-refractivity contribution in [3.63, 3.8) is 0 Å². The number of methoxy groups -OCH3 is 2. The first-order valence-corrected chi connectivity index (χ1v) is 7.94. The number of carbonyl (C=O) groups is 1. The van der Waals surface area contributed by atoms with Crippen molar-refractivity contribution >= 4 is 11.6 Å². The van der Waals surface area contributed by atoms with Crippen LogP contribution < -0.4 is 14.4 Å². The molecule has 0 fully saturated rings. The molecular weight excluding hydrogens is 358 g/mol. The molecule has 140 valence electrons. The summed E-state index contributed by atoms with van der Waals surface area (Å²) >= 11 is 0. The molecule has 3 rings (SSSR count). The van der Waals surface area contributed by atoms with Gasteiger partial charge < -0.3 is 14.4 Å². The normalized spacial score (nSPS) is 15.1. The lowest BCUT2D eigenvalue weighted by atomic mass is 9.77. The molecule has 3 heterocycles. The van der Waals surface area contributed by atoms with E-state index >= 15 is 0 Å². The van der Waals surface area contributed by atoms with E-state index < -0.39 is 40.4 Å². The zero-order valence-corrected chi connectivity index (χ0v) is 15.1. The van der Waals surface area contributed by atoms with Gasteiger partial charge in [-0.1, -0.05) is 0 Å². The molecule has 1 amide bonds. The Balaban J connectivity index is 2.23. The number of rotatable bonds is 3. The second-order valence-corrected chi connectivity index (χ2v) is 6.46. The number of halogens is 2. The second-order valence-electron chi connectivity index (χ2n) is 6.46. The maximum Gasteiger partial charge on any atom is 0.255 e. The molecular formula is C18H16F2N4O3. The molecule has 0 saturated carbocycles. The molecule has 0 atom stereocenters. The highest BCUT2D eigenvalue weighted by Gasteiger charge is 2.43. The molecule has 0 aliphatic carbocycles. The fourth-order valence-electron chi connectivity index (χ4n) is 3.12. The average Bonchev–Trinajstić information content (AvgIpc) is 2.66. The Morgan fingerprint density at radius 1 is 1.22 bits per heavy atom. The van der Waals surface area contributed by atoms with Crippen molar-refractivity contribution in [2.75, 3.05) is 19.1 Å². The van der Waals surface area contributed by atoms with Crippen molar-refractivity contribution in [3.8, 4) is 17.8 Å². The Hall–Kier alpha value is -3.28. The van der Waals surface area contributed by atoms with Crippen molar-refractivity contribution in [3.05, 3.63) is 40.7 Å². The molecule has 2 aromatic heterocycles. The minimum Gasteiger partial charge on any atom is -0.479 e. The molecule has 2 aromatic rings. The highest BCUT2D eigenvalue weighted by atomic mass is 19.1. The summed E-state index contributed by atoms with van der Waals surface area (Å²) in [5.74, 6) is -3.73. The molecule has 0 radical (unpaired) electrons. The molecule has 1 aliphatic rings. The third kappa shape index (κ3) is 2.73. The van der Waals surface area contributed by atoms with Gasteiger partial charge in [-0.05, 0) is 31.0 Å². The quantitative estimate of drug-likeness (QED) is 0.820. The molecule has 27 heavy (non-hydrogen) atoms. The summed E-state index contributed by atoms with van der Waals surface area (Å²) < 4.78 is 39.3. The smallest absolute Gasteiger partial charge is 0.255 e. The average molecular weight is 374 g/mol. The van der Waals surface area contributed by atoms with E-state index in [0.717, 1.165) is 4.90 Å². The Bertz CT molecular complexity index is 957. The number of aromatic nitrogens is 2. The van der Waals surface area contributed by atoms with E-state index in [-0.39, 0.29) is 12.2 Å². The summed E-state index contributed by atoms with van der Waals surface area (Å²) in [6, 6.07) is 3.44. The molecule has 0 saturated heterocycles. The lowest BCUT2D eigenvalue weighted by molar-refractivity contribution is -0.123. The Labute approximate surface area is 154 Å². The Morgan fingerprint density at radius 2 is 1.81 bits per heavy atom. The predicted molar refractivity (Wildman–Crippen MR) is 90.4 cm³/mol. The highest BCUT2D eigenvalue weighted by Crippen LogP contribution is 2.41. The first kappa shape index (κ1) is 18.5. The van der Waals surface area contributed by atoms with Gasteiger partial charge in [-0.3, -0.25) is 4.79 Å². The summed E-state index contributed by atoms with van der Waals surface area (Å²) in [4.78, 5) is 21.7. The number of hydrogen-bond acceptors (Lipinski definition) is 6. The number of pyridine rings is 2. The van der Waals surface area contributed by atoms with Gasteiger partial charge in [0.1, 0.15) is 17.5 Å². The Morgan fingerprint density at radius 3 is 2.33 bits per heavy atom. The number of anilines is 1. The van der Waals surface area contributed by atoms with Gasteiger partial charge in [-0.25, -0.2) is 4.98 Å². The van der Waals surface area contributed by atoms with Crippen LogP contribution in [0.5, 0.6) is 11.8 Å². The van der Waals surface area contributed by atoms with E-state index in [4.69, 9.17) is 14.7 Å². The summed E-state index contributed by atoms with van der Waals surface area (Å²) in [5.41, 5.74) is -0.416. The minimum absolute atomic E-state index is 0.125. The van der Waals surface area contributed by atoms with Gasteiger partial charge in [0.25, 0.3) is 11.8 Å². The van der Waals surface area contributed by atoms with Crippen molar-refractivity contribution in [1.29, 1.82) is 5.26 Å². The highest BCUT2D eigenvalue weighted by molar-refractivity contribution is 6.02. The van der Waals surface area contributed by atoms with Crippen LogP contribution in [0.3, 0.4) is 0 Å². The van der Waals surface area contributed by atoms with Crippen LogP contribution >= 0.6 is 0 Å². The first-order chi connectivity index (χ1) is 12.8. The third-order valence-corrected chi connectivity index (χ3v) is 4.53.